The molecule has 1 unspecified atom stereocenters. The Morgan fingerprint density at radius 3 is 2.85 bits per heavy atom. The molecule has 6 heteroatoms. The molecular weight excluding hydrogens is 256 g/mol. The minimum absolute atomic E-state index is 0.154. The number of nitro groups is 1. The molecule has 1 aromatic rings. The average molecular weight is 274 g/mol. The van der Waals surface area contributed by atoms with E-state index in [1.54, 1.807) is 18.2 Å². The molecule has 1 heterocycles. The molecular formula is C14H18N4O2. The first-order valence-corrected chi connectivity index (χ1v) is 6.93. The van der Waals surface area contributed by atoms with Crippen molar-refractivity contribution < 1.29 is 4.92 Å². The predicted molar refractivity (Wildman–Crippen MR) is 76.4 cm³/mol. The number of hydrazone groups is 1. The highest BCUT2D eigenvalue weighted by atomic mass is 16.6. The second-order valence-corrected chi connectivity index (χ2v) is 5.50. The topological polar surface area (TPSA) is 70.8 Å². The van der Waals surface area contributed by atoms with Gasteiger partial charge in [0.25, 0.3) is 5.69 Å². The van der Waals surface area contributed by atoms with Gasteiger partial charge in [-0.05, 0) is 24.3 Å². The number of rotatable bonds is 4. The Hall–Kier alpha value is -2.11. The summed E-state index contributed by atoms with van der Waals surface area (Å²) in [7, 11) is 2.00. The van der Waals surface area contributed by atoms with E-state index in [4.69, 9.17) is 0 Å². The second-order valence-electron chi connectivity index (χ2n) is 5.50. The van der Waals surface area contributed by atoms with E-state index in [1.807, 2.05) is 13.1 Å². The van der Waals surface area contributed by atoms with Crippen molar-refractivity contribution in [2.75, 3.05) is 13.7 Å². The highest BCUT2D eigenvalue weighted by Gasteiger charge is 2.35. The third-order valence-electron chi connectivity index (χ3n) is 4.23. The highest BCUT2D eigenvalue weighted by Crippen LogP contribution is 2.41. The van der Waals surface area contributed by atoms with Crippen LogP contribution >= 0.6 is 0 Å². The second kappa shape index (κ2) is 5.11. The molecule has 1 atom stereocenters. The molecule has 1 saturated carbocycles. The smallest absolute Gasteiger partial charge is 0.269 e. The van der Waals surface area contributed by atoms with Crippen molar-refractivity contribution in [1.29, 1.82) is 0 Å². The van der Waals surface area contributed by atoms with Gasteiger partial charge in [-0.3, -0.25) is 15.5 Å². The standard InChI is InChI=1S/C14H18N4O2/c1-17-9-15-16-14(17)13(10-4-2-5-10)11-6-3-7-12(8-11)18(19)20/h3,6-8,10,13,15H,2,4-5,9H2,1H3. The fourth-order valence-electron chi connectivity index (χ4n) is 2.93. The van der Waals surface area contributed by atoms with E-state index in [0.29, 0.717) is 12.6 Å². The summed E-state index contributed by atoms with van der Waals surface area (Å²) in [6, 6.07) is 6.98. The lowest BCUT2D eigenvalue weighted by atomic mass is 9.72. The Kier molecular flexibility index (Phi) is 3.30. The molecule has 6 nitrogen and oxygen atoms in total. The molecule has 1 aliphatic heterocycles. The normalized spacial score (nSPS) is 20.1. The molecule has 1 aliphatic carbocycles. The van der Waals surface area contributed by atoms with Gasteiger partial charge in [0.05, 0.1) is 4.92 Å². The number of non-ortho nitro benzene ring substituents is 1. The number of amidine groups is 1. The molecule has 0 aromatic heterocycles. The molecule has 1 fully saturated rings. The van der Waals surface area contributed by atoms with Crippen LogP contribution in [0.15, 0.2) is 29.4 Å². The Morgan fingerprint density at radius 2 is 2.30 bits per heavy atom. The minimum Gasteiger partial charge on any atom is -0.342 e. The largest absolute Gasteiger partial charge is 0.342 e. The van der Waals surface area contributed by atoms with Crippen LogP contribution in [0.4, 0.5) is 5.69 Å². The van der Waals surface area contributed by atoms with Crippen LogP contribution in [-0.4, -0.2) is 29.4 Å². The van der Waals surface area contributed by atoms with Gasteiger partial charge < -0.3 is 4.90 Å². The summed E-state index contributed by atoms with van der Waals surface area (Å²) in [6.07, 6.45) is 3.57. The van der Waals surface area contributed by atoms with Crippen molar-refractivity contribution in [3.8, 4) is 0 Å². The van der Waals surface area contributed by atoms with Gasteiger partial charge in [0.15, 0.2) is 0 Å². The van der Waals surface area contributed by atoms with E-state index in [1.165, 1.54) is 19.3 Å². The zero-order valence-corrected chi connectivity index (χ0v) is 11.5. The lowest BCUT2D eigenvalue weighted by molar-refractivity contribution is -0.384. The maximum Gasteiger partial charge on any atom is 0.269 e. The van der Waals surface area contributed by atoms with Crippen LogP contribution in [0.3, 0.4) is 0 Å². The van der Waals surface area contributed by atoms with Gasteiger partial charge in [0.1, 0.15) is 12.5 Å². The van der Waals surface area contributed by atoms with E-state index < -0.39 is 0 Å². The molecule has 0 bridgehead atoms. The first-order chi connectivity index (χ1) is 9.66. The van der Waals surface area contributed by atoms with E-state index in [-0.39, 0.29) is 16.5 Å². The summed E-state index contributed by atoms with van der Waals surface area (Å²) in [6.45, 7) is 0.702. The zero-order valence-electron chi connectivity index (χ0n) is 11.5. The molecule has 20 heavy (non-hydrogen) atoms. The van der Waals surface area contributed by atoms with Crippen LogP contribution in [0, 0.1) is 16.0 Å². The lowest BCUT2D eigenvalue weighted by Gasteiger charge is -2.35. The molecule has 2 aliphatic rings. The van der Waals surface area contributed by atoms with Gasteiger partial charge in [-0.25, -0.2) is 0 Å². The van der Waals surface area contributed by atoms with Crippen molar-refractivity contribution >= 4 is 11.5 Å². The van der Waals surface area contributed by atoms with Gasteiger partial charge in [-0.15, -0.1) is 0 Å². The van der Waals surface area contributed by atoms with Crippen molar-refractivity contribution in [3.63, 3.8) is 0 Å². The van der Waals surface area contributed by atoms with Crippen LogP contribution in [0.5, 0.6) is 0 Å². The Morgan fingerprint density at radius 1 is 1.50 bits per heavy atom. The summed E-state index contributed by atoms with van der Waals surface area (Å²) >= 11 is 0. The number of likely N-dealkylation sites (N-methyl/N-ethyl adjacent to an activating group) is 1. The lowest BCUT2D eigenvalue weighted by Crippen LogP contribution is -2.35. The summed E-state index contributed by atoms with van der Waals surface area (Å²) in [5.41, 5.74) is 4.14. The number of nitrogens with zero attached hydrogens (tertiary/aromatic N) is 3. The fraction of sp³-hybridized carbons (Fsp3) is 0.500. The zero-order chi connectivity index (χ0) is 14.1. The highest BCUT2D eigenvalue weighted by molar-refractivity contribution is 5.90. The number of hydrogen-bond donors (Lipinski definition) is 1. The van der Waals surface area contributed by atoms with Crippen LogP contribution in [0.2, 0.25) is 0 Å². The van der Waals surface area contributed by atoms with Gasteiger partial charge in [-0.2, -0.15) is 5.10 Å². The Bertz CT molecular complexity index is 554. The van der Waals surface area contributed by atoms with E-state index in [9.17, 15) is 10.1 Å². The molecule has 3 rings (SSSR count). The van der Waals surface area contributed by atoms with Crippen molar-refractivity contribution in [2.24, 2.45) is 11.0 Å². The van der Waals surface area contributed by atoms with Crippen LogP contribution < -0.4 is 5.43 Å². The van der Waals surface area contributed by atoms with Gasteiger partial charge in [0.2, 0.25) is 0 Å². The van der Waals surface area contributed by atoms with Crippen LogP contribution in [0.1, 0.15) is 30.7 Å². The van der Waals surface area contributed by atoms with Gasteiger partial charge in [-0.1, -0.05) is 18.6 Å². The number of hydrogen-bond acceptors (Lipinski definition) is 5. The van der Waals surface area contributed by atoms with Gasteiger partial charge in [0, 0.05) is 25.1 Å². The quantitative estimate of drug-likeness (QED) is 0.675. The first kappa shape index (κ1) is 12.9. The monoisotopic (exact) mass is 274 g/mol. The van der Waals surface area contributed by atoms with Crippen LogP contribution in [0.25, 0.3) is 0 Å². The summed E-state index contributed by atoms with van der Waals surface area (Å²) in [5.74, 6) is 1.69. The molecule has 0 amide bonds. The molecule has 0 saturated heterocycles. The summed E-state index contributed by atoms with van der Waals surface area (Å²) < 4.78 is 0. The summed E-state index contributed by atoms with van der Waals surface area (Å²) in [5, 5.41) is 15.4. The molecule has 1 N–H and O–H groups in total. The van der Waals surface area contributed by atoms with Crippen molar-refractivity contribution in [3.05, 3.63) is 39.9 Å². The van der Waals surface area contributed by atoms with Gasteiger partial charge >= 0.3 is 0 Å². The SMILES string of the molecule is CN1CNN=C1C(c1cccc([N+](=O)[O-])c1)C1CCC1. The first-order valence-electron chi connectivity index (χ1n) is 6.93. The van der Waals surface area contributed by atoms with Crippen LogP contribution in [-0.2, 0) is 0 Å². The molecule has 1 aromatic carbocycles. The van der Waals surface area contributed by atoms with Crippen molar-refractivity contribution in [1.82, 2.24) is 10.3 Å². The minimum atomic E-state index is -0.334. The molecule has 0 radical (unpaired) electrons. The Balaban J connectivity index is 1.96. The maximum atomic E-state index is 11.0. The van der Waals surface area contributed by atoms with E-state index >= 15 is 0 Å². The maximum absolute atomic E-state index is 11.0. The Labute approximate surface area is 117 Å². The number of benzene rings is 1. The van der Waals surface area contributed by atoms with Crippen molar-refractivity contribution in [2.45, 2.75) is 25.2 Å². The third-order valence-corrected chi connectivity index (χ3v) is 4.23. The predicted octanol–water partition coefficient (Wildman–Crippen LogP) is 2.28. The third kappa shape index (κ3) is 2.21. The molecule has 0 spiro atoms. The number of nitrogens with one attached hydrogen (secondary N) is 1. The fourth-order valence-corrected chi connectivity index (χ4v) is 2.93. The van der Waals surface area contributed by atoms with E-state index in [2.05, 4.69) is 15.4 Å². The molecule has 106 valence electrons. The average Bonchev–Trinajstić information content (AvgIpc) is 2.79. The summed E-state index contributed by atoms with van der Waals surface area (Å²) in [4.78, 5) is 12.7. The number of nitro benzene ring substituents is 1. The van der Waals surface area contributed by atoms with E-state index in [0.717, 1.165) is 11.4 Å².